The second-order valence-electron chi connectivity index (χ2n) is 3.14. The van der Waals surface area contributed by atoms with Crippen LogP contribution in [0.15, 0.2) is 24.3 Å². The van der Waals surface area contributed by atoms with Crippen molar-refractivity contribution in [1.29, 1.82) is 0 Å². The van der Waals surface area contributed by atoms with Crippen molar-refractivity contribution in [1.82, 2.24) is 5.06 Å². The summed E-state index contributed by atoms with van der Waals surface area (Å²) in [6.45, 7) is 0.763. The van der Waals surface area contributed by atoms with E-state index in [1.54, 1.807) is 24.3 Å². The second-order valence-corrected chi connectivity index (χ2v) is 3.14. The Labute approximate surface area is 86.4 Å². The quantitative estimate of drug-likeness (QED) is 0.676. The summed E-state index contributed by atoms with van der Waals surface area (Å²) < 4.78 is 0. The van der Waals surface area contributed by atoms with E-state index in [4.69, 9.17) is 4.84 Å². The predicted octanol–water partition coefficient (Wildman–Crippen LogP) is -0.544. The van der Waals surface area contributed by atoms with Gasteiger partial charge in [-0.15, -0.1) is 5.06 Å². The van der Waals surface area contributed by atoms with Gasteiger partial charge in [0.05, 0.1) is 11.1 Å². The van der Waals surface area contributed by atoms with Crippen molar-refractivity contribution in [3.8, 4) is 0 Å². The van der Waals surface area contributed by atoms with Gasteiger partial charge in [0.25, 0.3) is 11.8 Å². The largest absolute Gasteiger partial charge is 0.356 e. The van der Waals surface area contributed by atoms with E-state index in [2.05, 4.69) is 5.73 Å². The lowest BCUT2D eigenvalue weighted by molar-refractivity contribution is -0.379. The molecule has 0 radical (unpaired) electrons. The molecule has 78 valence electrons. The topological polar surface area (TPSA) is 74.2 Å². The molecule has 0 atom stereocenters. The normalized spacial score (nSPS) is 14.6. The summed E-state index contributed by atoms with van der Waals surface area (Å²) in [5.74, 6) is -0.798. The van der Waals surface area contributed by atoms with E-state index < -0.39 is 11.8 Å². The van der Waals surface area contributed by atoms with Crippen LogP contribution in [0.4, 0.5) is 0 Å². The van der Waals surface area contributed by atoms with Gasteiger partial charge in [0.2, 0.25) is 0 Å². The van der Waals surface area contributed by atoms with Crippen LogP contribution in [0.1, 0.15) is 20.7 Å². The third kappa shape index (κ3) is 1.51. The van der Waals surface area contributed by atoms with Gasteiger partial charge in [-0.25, -0.2) is 0 Å². The highest BCUT2D eigenvalue weighted by Gasteiger charge is 2.36. The van der Waals surface area contributed by atoms with Gasteiger partial charge < -0.3 is 5.73 Å². The maximum Gasteiger partial charge on any atom is 0.285 e. The van der Waals surface area contributed by atoms with Crippen molar-refractivity contribution in [2.45, 2.75) is 0 Å². The second kappa shape index (κ2) is 3.80. The smallest absolute Gasteiger partial charge is 0.285 e. The fourth-order valence-electron chi connectivity index (χ4n) is 1.44. The number of quaternary nitrogens is 1. The van der Waals surface area contributed by atoms with E-state index in [1.807, 2.05) is 0 Å². The molecule has 5 nitrogen and oxygen atoms in total. The zero-order valence-electron chi connectivity index (χ0n) is 8.10. The molecule has 1 aliphatic heterocycles. The highest BCUT2D eigenvalue weighted by molar-refractivity contribution is 6.20. The van der Waals surface area contributed by atoms with Crippen LogP contribution in [0.25, 0.3) is 0 Å². The first-order chi connectivity index (χ1) is 7.25. The molecule has 1 aromatic rings. The van der Waals surface area contributed by atoms with Crippen LogP contribution in [0, 0.1) is 0 Å². The molecule has 0 bridgehead atoms. The van der Waals surface area contributed by atoms with Gasteiger partial charge in [-0.1, -0.05) is 12.1 Å². The summed E-state index contributed by atoms with van der Waals surface area (Å²) in [6, 6.07) is 6.66. The average molecular weight is 207 g/mol. The summed E-state index contributed by atoms with van der Waals surface area (Å²) >= 11 is 0. The molecule has 2 amide bonds. The minimum absolute atomic E-state index is 0.255. The first kappa shape index (κ1) is 9.82. The van der Waals surface area contributed by atoms with Gasteiger partial charge in [0.15, 0.2) is 0 Å². The number of fused-ring (bicyclic) bond motifs is 1. The number of nitrogens with zero attached hydrogens (tertiary/aromatic N) is 1. The average Bonchev–Trinajstić information content (AvgIpc) is 2.51. The molecule has 0 aromatic heterocycles. The van der Waals surface area contributed by atoms with Crippen LogP contribution in [0.3, 0.4) is 0 Å². The summed E-state index contributed by atoms with van der Waals surface area (Å²) in [4.78, 5) is 28.4. The molecule has 15 heavy (non-hydrogen) atoms. The summed E-state index contributed by atoms with van der Waals surface area (Å²) in [5, 5.41) is 0.801. The first-order valence-electron chi connectivity index (χ1n) is 4.65. The third-order valence-corrected chi connectivity index (χ3v) is 2.12. The lowest BCUT2D eigenvalue weighted by Crippen LogP contribution is -2.53. The van der Waals surface area contributed by atoms with Crippen molar-refractivity contribution in [3.63, 3.8) is 0 Å². The summed E-state index contributed by atoms with van der Waals surface area (Å²) in [5.41, 5.74) is 4.36. The Bertz CT molecular complexity index is 382. The predicted molar refractivity (Wildman–Crippen MR) is 50.6 cm³/mol. The Hall–Kier alpha value is -1.72. The number of carbonyl (C=O) groups excluding carboxylic acids is 2. The van der Waals surface area contributed by atoms with Crippen LogP contribution in [-0.2, 0) is 4.84 Å². The van der Waals surface area contributed by atoms with Gasteiger partial charge in [-0.3, -0.25) is 14.4 Å². The number of benzene rings is 1. The van der Waals surface area contributed by atoms with E-state index in [0.29, 0.717) is 17.7 Å². The minimum Gasteiger partial charge on any atom is -0.356 e. The zero-order valence-corrected chi connectivity index (χ0v) is 8.10. The van der Waals surface area contributed by atoms with Crippen LogP contribution in [0.5, 0.6) is 0 Å². The van der Waals surface area contributed by atoms with Gasteiger partial charge in [-0.05, 0) is 12.1 Å². The Morgan fingerprint density at radius 3 is 2.13 bits per heavy atom. The molecule has 0 saturated heterocycles. The molecule has 3 N–H and O–H groups in total. The monoisotopic (exact) mass is 207 g/mol. The maximum atomic E-state index is 11.7. The number of imide groups is 1. The van der Waals surface area contributed by atoms with E-state index in [0.717, 1.165) is 5.06 Å². The molecule has 0 saturated carbocycles. The Morgan fingerprint density at radius 2 is 1.67 bits per heavy atom. The number of amides is 2. The van der Waals surface area contributed by atoms with Crippen molar-refractivity contribution in [3.05, 3.63) is 35.4 Å². The number of rotatable bonds is 3. The molecule has 0 spiro atoms. The maximum absolute atomic E-state index is 11.7. The minimum atomic E-state index is -0.399. The number of hydrogen-bond acceptors (Lipinski definition) is 3. The number of carbonyl (C=O) groups is 2. The van der Waals surface area contributed by atoms with Crippen molar-refractivity contribution >= 4 is 11.8 Å². The highest BCUT2D eigenvalue weighted by atomic mass is 16.7. The molecule has 1 heterocycles. The van der Waals surface area contributed by atoms with Crippen molar-refractivity contribution < 1.29 is 20.2 Å². The molecule has 0 aliphatic carbocycles. The molecule has 1 aliphatic rings. The van der Waals surface area contributed by atoms with E-state index in [-0.39, 0.29) is 6.61 Å². The van der Waals surface area contributed by atoms with E-state index >= 15 is 0 Å². The van der Waals surface area contributed by atoms with Gasteiger partial charge in [0.1, 0.15) is 13.2 Å². The summed E-state index contributed by atoms with van der Waals surface area (Å²) in [7, 11) is 0. The van der Waals surface area contributed by atoms with E-state index in [9.17, 15) is 9.59 Å². The van der Waals surface area contributed by atoms with Crippen molar-refractivity contribution in [2.75, 3.05) is 13.2 Å². The fraction of sp³-hybridized carbons (Fsp3) is 0.200. The lowest BCUT2D eigenvalue weighted by atomic mass is 10.1. The van der Waals surface area contributed by atoms with Crippen LogP contribution < -0.4 is 5.73 Å². The SMILES string of the molecule is [NH3+]CCON1C(=O)c2ccccc2C1=O. The zero-order chi connectivity index (χ0) is 10.8. The molecule has 1 aromatic carbocycles. The molecular formula is C10H11N2O3+. The Morgan fingerprint density at radius 1 is 1.13 bits per heavy atom. The third-order valence-electron chi connectivity index (χ3n) is 2.12. The lowest BCUT2D eigenvalue weighted by Gasteiger charge is -2.11. The van der Waals surface area contributed by atoms with E-state index in [1.165, 1.54) is 0 Å². The molecule has 0 fully saturated rings. The first-order valence-corrected chi connectivity index (χ1v) is 4.65. The van der Waals surface area contributed by atoms with Gasteiger partial charge in [0, 0.05) is 0 Å². The van der Waals surface area contributed by atoms with Crippen LogP contribution in [0.2, 0.25) is 0 Å². The highest BCUT2D eigenvalue weighted by Crippen LogP contribution is 2.22. The Kier molecular flexibility index (Phi) is 2.49. The molecule has 5 heteroatoms. The summed E-state index contributed by atoms with van der Waals surface area (Å²) in [6.07, 6.45) is 0. The van der Waals surface area contributed by atoms with Crippen LogP contribution >= 0.6 is 0 Å². The fourth-order valence-corrected chi connectivity index (χ4v) is 1.44. The van der Waals surface area contributed by atoms with Crippen molar-refractivity contribution in [2.24, 2.45) is 0 Å². The van der Waals surface area contributed by atoms with Crippen LogP contribution in [-0.4, -0.2) is 30.0 Å². The number of hydroxylamine groups is 2. The Balaban J connectivity index is 2.29. The van der Waals surface area contributed by atoms with Gasteiger partial charge >= 0.3 is 0 Å². The van der Waals surface area contributed by atoms with Gasteiger partial charge in [-0.2, -0.15) is 0 Å². The standard InChI is InChI=1S/C10H10N2O3/c11-5-6-15-12-9(13)7-3-1-2-4-8(7)10(12)14/h1-4H,5-6,11H2/p+1. The molecule has 2 rings (SSSR count). The molecular weight excluding hydrogens is 196 g/mol. The number of hydrogen-bond donors (Lipinski definition) is 1. The molecule has 0 unspecified atom stereocenters.